The third-order valence-electron chi connectivity index (χ3n) is 4.76. The molecule has 1 aromatic carbocycles. The minimum absolute atomic E-state index is 0.00138. The maximum Gasteiger partial charge on any atom is 0.269 e. The van der Waals surface area contributed by atoms with E-state index < -0.39 is 25.0 Å². The highest BCUT2D eigenvalue weighted by molar-refractivity contribution is 7.89. The fraction of sp³-hybridized carbons (Fsp3) is 0.438. The lowest BCUT2D eigenvalue weighted by atomic mass is 10.3. The Morgan fingerprint density at radius 2 is 1.52 bits per heavy atom. The van der Waals surface area contributed by atoms with Crippen LogP contribution in [-0.2, 0) is 20.0 Å². The highest BCUT2D eigenvalue weighted by atomic mass is 32.2. The minimum Gasteiger partial charge on any atom is -0.281 e. The lowest BCUT2D eigenvalue weighted by molar-refractivity contribution is -0.384. The molecule has 3 rings (SSSR count). The van der Waals surface area contributed by atoms with Gasteiger partial charge in [0.25, 0.3) is 5.69 Å². The molecule has 0 bridgehead atoms. The molecule has 0 spiro atoms. The molecular weight excluding hydrogens is 422 g/mol. The first-order chi connectivity index (χ1) is 13.5. The Hall–Kier alpha value is -2.35. The normalized spacial score (nSPS) is 17.2. The summed E-state index contributed by atoms with van der Waals surface area (Å²) in [6.07, 6.45) is 0.321. The quantitative estimate of drug-likeness (QED) is 0.536. The smallest absolute Gasteiger partial charge is 0.269 e. The lowest BCUT2D eigenvalue weighted by Crippen LogP contribution is -2.37. The van der Waals surface area contributed by atoms with Crippen molar-refractivity contribution in [1.29, 1.82) is 0 Å². The first-order valence-electron chi connectivity index (χ1n) is 8.81. The van der Waals surface area contributed by atoms with E-state index in [9.17, 15) is 26.9 Å². The fourth-order valence-corrected chi connectivity index (χ4v) is 6.56. The van der Waals surface area contributed by atoms with Crippen LogP contribution in [0.3, 0.4) is 0 Å². The number of hydrogen-bond donors (Lipinski definition) is 1. The van der Waals surface area contributed by atoms with Gasteiger partial charge in [0.2, 0.25) is 20.0 Å². The number of nitrogens with zero attached hydrogens (tertiary/aromatic N) is 4. The van der Waals surface area contributed by atoms with Crippen molar-refractivity contribution in [3.63, 3.8) is 0 Å². The summed E-state index contributed by atoms with van der Waals surface area (Å²) in [7, 11) is -7.71. The summed E-state index contributed by atoms with van der Waals surface area (Å²) in [5, 5.41) is 17.3. The van der Waals surface area contributed by atoms with Crippen LogP contribution in [0, 0.1) is 24.0 Å². The summed E-state index contributed by atoms with van der Waals surface area (Å²) in [5.74, 6) is 0. The Labute approximate surface area is 168 Å². The summed E-state index contributed by atoms with van der Waals surface area (Å²) in [4.78, 5) is 10.2. The van der Waals surface area contributed by atoms with Crippen molar-refractivity contribution >= 4 is 25.7 Å². The van der Waals surface area contributed by atoms with Gasteiger partial charge in [0, 0.05) is 38.3 Å². The number of rotatable bonds is 5. The molecule has 1 aliphatic rings. The predicted octanol–water partition coefficient (Wildman–Crippen LogP) is 1.02. The maximum atomic E-state index is 13.0. The van der Waals surface area contributed by atoms with Crippen LogP contribution in [0.25, 0.3) is 0 Å². The van der Waals surface area contributed by atoms with Gasteiger partial charge in [-0.05, 0) is 32.4 Å². The molecule has 11 nitrogen and oxygen atoms in total. The molecule has 0 saturated carbocycles. The second kappa shape index (κ2) is 7.82. The fourth-order valence-electron chi connectivity index (χ4n) is 3.29. The van der Waals surface area contributed by atoms with Gasteiger partial charge in [-0.1, -0.05) is 0 Å². The molecule has 1 fully saturated rings. The van der Waals surface area contributed by atoms with Crippen LogP contribution >= 0.6 is 0 Å². The van der Waals surface area contributed by atoms with Crippen molar-refractivity contribution in [3.05, 3.63) is 45.8 Å². The average Bonchev–Trinajstić information content (AvgIpc) is 2.87. The van der Waals surface area contributed by atoms with E-state index in [1.165, 1.54) is 20.7 Å². The van der Waals surface area contributed by atoms with Crippen LogP contribution in [0.1, 0.15) is 17.8 Å². The molecule has 0 unspecified atom stereocenters. The topological polar surface area (TPSA) is 147 Å². The van der Waals surface area contributed by atoms with Crippen molar-refractivity contribution in [1.82, 2.24) is 18.8 Å². The van der Waals surface area contributed by atoms with Gasteiger partial charge < -0.3 is 0 Å². The Morgan fingerprint density at radius 3 is 2.00 bits per heavy atom. The number of nitro groups is 1. The van der Waals surface area contributed by atoms with Crippen LogP contribution in [-0.4, -0.2) is 66.7 Å². The minimum atomic E-state index is -3.90. The maximum absolute atomic E-state index is 13.0. The van der Waals surface area contributed by atoms with Gasteiger partial charge >= 0.3 is 0 Å². The summed E-state index contributed by atoms with van der Waals surface area (Å²) in [6, 6.07) is 4.63. The van der Waals surface area contributed by atoms with E-state index in [1.807, 2.05) is 0 Å². The van der Waals surface area contributed by atoms with Crippen molar-refractivity contribution in [3.8, 4) is 0 Å². The number of H-pyrrole nitrogens is 1. The number of aromatic amines is 1. The molecule has 0 radical (unpaired) electrons. The Bertz CT molecular complexity index is 1110. The van der Waals surface area contributed by atoms with Gasteiger partial charge in [0.05, 0.1) is 21.2 Å². The van der Waals surface area contributed by atoms with Gasteiger partial charge in [-0.25, -0.2) is 16.8 Å². The predicted molar refractivity (Wildman–Crippen MR) is 103 cm³/mol. The third-order valence-corrected chi connectivity index (χ3v) is 8.83. The molecular formula is C16H21N5O6S2. The van der Waals surface area contributed by atoms with E-state index in [0.717, 1.165) is 12.1 Å². The number of nitrogens with one attached hydrogen (secondary N) is 1. The van der Waals surface area contributed by atoms with Gasteiger partial charge in [-0.2, -0.15) is 13.7 Å². The van der Waals surface area contributed by atoms with Crippen LogP contribution in [0.5, 0.6) is 0 Å². The van der Waals surface area contributed by atoms with E-state index >= 15 is 0 Å². The first kappa shape index (κ1) is 21.4. The molecule has 2 heterocycles. The van der Waals surface area contributed by atoms with E-state index in [-0.39, 0.29) is 41.7 Å². The van der Waals surface area contributed by atoms with Gasteiger partial charge in [-0.15, -0.1) is 0 Å². The van der Waals surface area contributed by atoms with Gasteiger partial charge in [0.1, 0.15) is 4.90 Å². The molecule has 0 amide bonds. The molecule has 29 heavy (non-hydrogen) atoms. The zero-order chi connectivity index (χ0) is 21.4. The molecule has 1 N–H and O–H groups in total. The van der Waals surface area contributed by atoms with E-state index in [2.05, 4.69) is 10.2 Å². The van der Waals surface area contributed by atoms with Gasteiger partial charge in [0.15, 0.2) is 0 Å². The molecule has 13 heteroatoms. The number of non-ortho nitro benzene ring substituents is 1. The highest BCUT2D eigenvalue weighted by Gasteiger charge is 2.34. The molecule has 1 aliphatic heterocycles. The van der Waals surface area contributed by atoms with Gasteiger partial charge in [-0.3, -0.25) is 15.2 Å². The Balaban J connectivity index is 1.81. The largest absolute Gasteiger partial charge is 0.281 e. The van der Waals surface area contributed by atoms with Crippen LogP contribution in [0.2, 0.25) is 0 Å². The van der Waals surface area contributed by atoms with Crippen molar-refractivity contribution in [2.75, 3.05) is 26.2 Å². The number of benzene rings is 1. The second-order valence-corrected chi connectivity index (χ2v) is 10.5. The van der Waals surface area contributed by atoms with Crippen LogP contribution in [0.15, 0.2) is 34.1 Å². The molecule has 1 aromatic heterocycles. The number of hydrogen-bond acceptors (Lipinski definition) is 7. The number of aromatic nitrogens is 2. The van der Waals surface area contributed by atoms with Crippen LogP contribution in [0.4, 0.5) is 5.69 Å². The third kappa shape index (κ3) is 4.03. The van der Waals surface area contributed by atoms with E-state index in [0.29, 0.717) is 17.8 Å². The zero-order valence-corrected chi connectivity index (χ0v) is 17.5. The first-order valence-corrected chi connectivity index (χ1v) is 11.7. The zero-order valence-electron chi connectivity index (χ0n) is 15.9. The molecule has 2 aromatic rings. The van der Waals surface area contributed by atoms with Crippen LogP contribution < -0.4 is 0 Å². The summed E-state index contributed by atoms with van der Waals surface area (Å²) in [6.45, 7) is 3.52. The average molecular weight is 444 g/mol. The molecule has 0 aliphatic carbocycles. The number of aryl methyl sites for hydroxylation is 2. The summed E-state index contributed by atoms with van der Waals surface area (Å²) >= 11 is 0. The van der Waals surface area contributed by atoms with Crippen molar-refractivity contribution in [2.45, 2.75) is 30.1 Å². The van der Waals surface area contributed by atoms with E-state index in [1.54, 1.807) is 13.8 Å². The van der Waals surface area contributed by atoms with E-state index in [4.69, 9.17) is 0 Å². The Kier molecular flexibility index (Phi) is 5.76. The SMILES string of the molecule is Cc1n[nH]c(C)c1S(=O)(=O)N1CCCN(S(=O)(=O)c2ccc([N+](=O)[O-])cc2)CC1. The number of sulfonamides is 2. The monoisotopic (exact) mass is 443 g/mol. The lowest BCUT2D eigenvalue weighted by Gasteiger charge is -2.21. The molecule has 1 saturated heterocycles. The molecule has 158 valence electrons. The summed E-state index contributed by atoms with van der Waals surface area (Å²) in [5.41, 5.74) is 0.590. The second-order valence-electron chi connectivity index (χ2n) is 6.68. The summed E-state index contributed by atoms with van der Waals surface area (Å²) < 4.78 is 54.3. The van der Waals surface area contributed by atoms with Crippen molar-refractivity contribution in [2.24, 2.45) is 0 Å². The molecule has 0 atom stereocenters. The number of nitro benzene ring substituents is 1. The Morgan fingerprint density at radius 1 is 0.966 bits per heavy atom. The highest BCUT2D eigenvalue weighted by Crippen LogP contribution is 2.25. The standard InChI is InChI=1S/C16H21N5O6S2/c1-12-16(13(2)18-17-12)29(26,27)20-9-3-8-19(10-11-20)28(24,25)15-6-4-14(5-7-15)21(22)23/h4-7H,3,8-11H2,1-2H3,(H,17,18). The van der Waals surface area contributed by atoms with Crippen molar-refractivity contribution < 1.29 is 21.8 Å².